The van der Waals surface area contributed by atoms with Gasteiger partial charge in [0.05, 0.1) is 11.3 Å². The van der Waals surface area contributed by atoms with E-state index in [0.717, 1.165) is 10.3 Å². The first-order valence-corrected chi connectivity index (χ1v) is 5.59. The van der Waals surface area contributed by atoms with Gasteiger partial charge in [-0.1, -0.05) is 12.1 Å². The highest BCUT2D eigenvalue weighted by Gasteiger charge is 2.30. The lowest BCUT2D eigenvalue weighted by Crippen LogP contribution is -2.36. The van der Waals surface area contributed by atoms with Gasteiger partial charge in [-0.2, -0.15) is 0 Å². The number of anilines is 1. The van der Waals surface area contributed by atoms with Crippen molar-refractivity contribution >= 4 is 28.3 Å². The maximum absolute atomic E-state index is 12.1. The molecule has 6 heteroatoms. The Bertz CT molecular complexity index is 711. The number of benzene rings is 2. The summed E-state index contributed by atoms with van der Waals surface area (Å²) in [4.78, 5) is 29.1. The fraction of sp³-hybridized carbons (Fsp3) is 0.0769. The third-order valence-electron chi connectivity index (χ3n) is 3.21. The van der Waals surface area contributed by atoms with E-state index >= 15 is 0 Å². The SMILES string of the molecule is CN1C(=O)c2cccc3cc(NOO)cc(c23)C1=O. The molecule has 0 saturated heterocycles. The van der Waals surface area contributed by atoms with E-state index in [1.807, 2.05) is 0 Å². The summed E-state index contributed by atoms with van der Waals surface area (Å²) in [6, 6.07) is 8.44. The van der Waals surface area contributed by atoms with Crippen LogP contribution >= 0.6 is 0 Å². The summed E-state index contributed by atoms with van der Waals surface area (Å²) < 4.78 is 0. The third-order valence-corrected chi connectivity index (χ3v) is 3.21. The lowest BCUT2D eigenvalue weighted by Gasteiger charge is -2.24. The van der Waals surface area contributed by atoms with Gasteiger partial charge in [-0.3, -0.25) is 14.5 Å². The molecule has 0 bridgehead atoms. The van der Waals surface area contributed by atoms with Gasteiger partial charge in [0.2, 0.25) is 0 Å². The Morgan fingerprint density at radius 3 is 2.63 bits per heavy atom. The molecule has 2 amide bonds. The fourth-order valence-corrected chi connectivity index (χ4v) is 2.34. The van der Waals surface area contributed by atoms with Gasteiger partial charge < -0.3 is 0 Å². The molecule has 19 heavy (non-hydrogen) atoms. The minimum Gasteiger partial charge on any atom is -0.277 e. The van der Waals surface area contributed by atoms with Gasteiger partial charge >= 0.3 is 0 Å². The van der Waals surface area contributed by atoms with Gasteiger partial charge in [0.1, 0.15) is 0 Å². The van der Waals surface area contributed by atoms with Crippen molar-refractivity contribution in [2.75, 3.05) is 12.5 Å². The Balaban J connectivity index is 2.38. The van der Waals surface area contributed by atoms with Crippen LogP contribution in [0.25, 0.3) is 10.8 Å². The number of carbonyl (C=O) groups excluding carboxylic acids is 2. The van der Waals surface area contributed by atoms with Crippen LogP contribution in [0.2, 0.25) is 0 Å². The molecule has 0 aromatic heterocycles. The average molecular weight is 258 g/mol. The lowest BCUT2D eigenvalue weighted by atomic mass is 9.94. The predicted molar refractivity (Wildman–Crippen MR) is 67.7 cm³/mol. The highest BCUT2D eigenvalue weighted by molar-refractivity contribution is 6.25. The van der Waals surface area contributed by atoms with E-state index in [-0.39, 0.29) is 11.8 Å². The standard InChI is InChI=1S/C13H10N2O4/c1-15-12(16)9-4-2-3-7-5-8(14-19-18)6-10(11(7)9)13(15)17/h2-6,14,18H,1H3. The summed E-state index contributed by atoms with van der Waals surface area (Å²) in [5.41, 5.74) is 3.58. The maximum atomic E-state index is 12.1. The molecule has 2 N–H and O–H groups in total. The van der Waals surface area contributed by atoms with Crippen molar-refractivity contribution in [3.8, 4) is 0 Å². The van der Waals surface area contributed by atoms with E-state index < -0.39 is 0 Å². The van der Waals surface area contributed by atoms with Crippen molar-refractivity contribution in [3.63, 3.8) is 0 Å². The van der Waals surface area contributed by atoms with Gasteiger partial charge in [-0.15, -0.1) is 4.99 Å². The molecular formula is C13H10N2O4. The molecule has 0 spiro atoms. The first-order chi connectivity index (χ1) is 9.13. The van der Waals surface area contributed by atoms with Crippen LogP contribution < -0.4 is 5.48 Å². The Morgan fingerprint density at radius 2 is 1.89 bits per heavy atom. The van der Waals surface area contributed by atoms with Crippen molar-refractivity contribution < 1.29 is 19.8 Å². The van der Waals surface area contributed by atoms with Crippen LogP contribution in [-0.4, -0.2) is 29.0 Å². The number of nitrogens with zero attached hydrogens (tertiary/aromatic N) is 1. The first-order valence-electron chi connectivity index (χ1n) is 5.59. The molecule has 0 aliphatic carbocycles. The van der Waals surface area contributed by atoms with E-state index in [9.17, 15) is 9.59 Å². The Kier molecular flexibility index (Phi) is 2.48. The molecule has 2 aromatic rings. The quantitative estimate of drug-likeness (QED) is 0.488. The minimum absolute atomic E-state index is 0.317. The van der Waals surface area contributed by atoms with Crippen LogP contribution in [-0.2, 0) is 4.99 Å². The van der Waals surface area contributed by atoms with E-state index in [4.69, 9.17) is 5.26 Å². The largest absolute Gasteiger partial charge is 0.277 e. The zero-order chi connectivity index (χ0) is 13.6. The Hall–Kier alpha value is -2.44. The number of rotatable bonds is 2. The summed E-state index contributed by atoms with van der Waals surface area (Å²) in [7, 11) is 1.44. The van der Waals surface area contributed by atoms with Crippen LogP contribution in [0.4, 0.5) is 5.69 Å². The molecule has 1 aliphatic rings. The number of carbonyl (C=O) groups is 2. The van der Waals surface area contributed by atoms with Crippen molar-refractivity contribution in [3.05, 3.63) is 41.5 Å². The minimum atomic E-state index is -0.379. The van der Waals surface area contributed by atoms with Crippen molar-refractivity contribution in [2.24, 2.45) is 0 Å². The number of amides is 2. The van der Waals surface area contributed by atoms with Gasteiger partial charge in [-0.05, 0) is 23.6 Å². The molecule has 0 radical (unpaired) electrons. The highest BCUT2D eigenvalue weighted by atomic mass is 17.2. The zero-order valence-corrected chi connectivity index (χ0v) is 10.0. The van der Waals surface area contributed by atoms with Crippen LogP contribution in [0.1, 0.15) is 20.7 Å². The van der Waals surface area contributed by atoms with Gasteiger partial charge in [0.15, 0.2) is 0 Å². The fourth-order valence-electron chi connectivity index (χ4n) is 2.34. The molecule has 0 saturated carbocycles. The third kappa shape index (κ3) is 1.58. The molecule has 1 heterocycles. The molecule has 96 valence electrons. The predicted octanol–water partition coefficient (Wildman–Crippen LogP) is 1.88. The summed E-state index contributed by atoms with van der Waals surface area (Å²) in [6.45, 7) is 0. The number of hydrogen-bond donors (Lipinski definition) is 2. The summed E-state index contributed by atoms with van der Waals surface area (Å²) in [6.07, 6.45) is 0. The smallest absolute Gasteiger partial charge is 0.261 e. The molecule has 0 atom stereocenters. The van der Waals surface area contributed by atoms with E-state index in [2.05, 4.69) is 10.5 Å². The lowest BCUT2D eigenvalue weighted by molar-refractivity contribution is -0.215. The summed E-state index contributed by atoms with van der Waals surface area (Å²) in [5.74, 6) is -0.697. The van der Waals surface area contributed by atoms with Crippen LogP contribution in [0.15, 0.2) is 30.3 Å². The molecule has 0 unspecified atom stereocenters. The molecule has 0 fully saturated rings. The summed E-state index contributed by atoms with van der Waals surface area (Å²) in [5, 5.41) is 9.77. The second-order valence-electron chi connectivity index (χ2n) is 4.29. The Morgan fingerprint density at radius 1 is 1.16 bits per heavy atom. The first kappa shape index (κ1) is 11.6. The number of nitrogens with one attached hydrogen (secondary N) is 1. The summed E-state index contributed by atoms with van der Waals surface area (Å²) >= 11 is 0. The Labute approximate surface area is 108 Å². The molecule has 6 nitrogen and oxygen atoms in total. The number of imide groups is 1. The maximum Gasteiger partial charge on any atom is 0.261 e. The van der Waals surface area contributed by atoms with Gasteiger partial charge in [0, 0.05) is 18.0 Å². The number of hydrogen-bond acceptors (Lipinski definition) is 5. The van der Waals surface area contributed by atoms with Crippen LogP contribution in [0.5, 0.6) is 0 Å². The van der Waals surface area contributed by atoms with E-state index in [1.165, 1.54) is 13.1 Å². The monoisotopic (exact) mass is 258 g/mol. The zero-order valence-electron chi connectivity index (χ0n) is 10.0. The van der Waals surface area contributed by atoms with Crippen LogP contribution in [0, 0.1) is 0 Å². The highest BCUT2D eigenvalue weighted by Crippen LogP contribution is 2.32. The molecule has 1 aliphatic heterocycles. The van der Waals surface area contributed by atoms with Crippen molar-refractivity contribution in [2.45, 2.75) is 0 Å². The van der Waals surface area contributed by atoms with Crippen molar-refractivity contribution in [1.82, 2.24) is 4.90 Å². The molecule has 3 rings (SSSR count). The normalized spacial score (nSPS) is 14.1. The average Bonchev–Trinajstić information content (AvgIpc) is 2.42. The van der Waals surface area contributed by atoms with Crippen LogP contribution in [0.3, 0.4) is 0 Å². The van der Waals surface area contributed by atoms with E-state index in [1.54, 1.807) is 24.3 Å². The topological polar surface area (TPSA) is 78.9 Å². The van der Waals surface area contributed by atoms with E-state index in [0.29, 0.717) is 22.2 Å². The van der Waals surface area contributed by atoms with Gasteiger partial charge in [0.25, 0.3) is 11.8 Å². The second kappa shape index (κ2) is 4.04. The second-order valence-corrected chi connectivity index (χ2v) is 4.29. The van der Waals surface area contributed by atoms with Crippen molar-refractivity contribution in [1.29, 1.82) is 0 Å². The molecule has 2 aromatic carbocycles. The molecular weight excluding hydrogens is 248 g/mol. The van der Waals surface area contributed by atoms with Gasteiger partial charge in [-0.25, -0.2) is 10.7 Å².